The molecule has 0 atom stereocenters. The summed E-state index contributed by atoms with van der Waals surface area (Å²) in [6.07, 6.45) is 1.75. The van der Waals surface area contributed by atoms with Crippen LogP contribution in [-0.2, 0) is 13.1 Å². The first kappa shape index (κ1) is 23.6. The Morgan fingerprint density at radius 2 is 1.89 bits per heavy atom. The number of amides is 1. The molecule has 2 aromatic carbocycles. The number of aromatic nitrogens is 3. The van der Waals surface area contributed by atoms with Gasteiger partial charge in [-0.3, -0.25) is 9.89 Å². The summed E-state index contributed by atoms with van der Waals surface area (Å²) < 4.78 is 5.74. The fraction of sp³-hybridized carbons (Fsp3) is 0.103. The summed E-state index contributed by atoms with van der Waals surface area (Å²) >= 11 is 0. The van der Waals surface area contributed by atoms with E-state index in [1.165, 1.54) is 0 Å². The molecule has 0 unspecified atom stereocenters. The van der Waals surface area contributed by atoms with Gasteiger partial charge in [0.1, 0.15) is 11.5 Å². The highest BCUT2D eigenvalue weighted by atomic mass is 16.4. The molecule has 3 heterocycles. The molecule has 0 aliphatic rings. The molecule has 0 aliphatic heterocycles. The summed E-state index contributed by atoms with van der Waals surface area (Å²) in [5.74, 6) is 1.17. The van der Waals surface area contributed by atoms with Crippen molar-refractivity contribution in [1.82, 2.24) is 20.5 Å². The third-order valence-electron chi connectivity index (χ3n) is 5.90. The zero-order chi connectivity index (χ0) is 25.6. The van der Waals surface area contributed by atoms with Crippen LogP contribution in [0.4, 0.5) is 5.82 Å². The topological polar surface area (TPSA) is 120 Å². The molecule has 0 fully saturated rings. The monoisotopic (exact) mass is 488 g/mol. The summed E-state index contributed by atoms with van der Waals surface area (Å²) in [6.45, 7) is 2.89. The first-order valence-corrected chi connectivity index (χ1v) is 11.8. The van der Waals surface area contributed by atoms with Crippen molar-refractivity contribution in [2.45, 2.75) is 20.0 Å². The minimum atomic E-state index is -0.281. The van der Waals surface area contributed by atoms with Crippen molar-refractivity contribution in [3.63, 3.8) is 0 Å². The minimum Gasteiger partial charge on any atom is -0.449 e. The number of anilines is 1. The Balaban J connectivity index is 1.21. The molecule has 0 saturated carbocycles. The third kappa shape index (κ3) is 5.57. The van der Waals surface area contributed by atoms with Crippen LogP contribution in [0.15, 0.2) is 89.5 Å². The van der Waals surface area contributed by atoms with E-state index in [1.54, 1.807) is 18.3 Å². The number of hydrogen-bond donors (Lipinski definition) is 3. The third-order valence-corrected chi connectivity index (χ3v) is 5.90. The van der Waals surface area contributed by atoms with Crippen LogP contribution in [0.3, 0.4) is 0 Å². The number of nitriles is 1. The van der Waals surface area contributed by atoms with Gasteiger partial charge < -0.3 is 15.1 Å². The highest BCUT2D eigenvalue weighted by molar-refractivity contribution is 5.92. The zero-order valence-corrected chi connectivity index (χ0v) is 20.2. The maximum atomic E-state index is 12.4. The van der Waals surface area contributed by atoms with Gasteiger partial charge >= 0.3 is 0 Å². The molecule has 5 rings (SSSR count). The predicted octanol–water partition coefficient (Wildman–Crippen LogP) is 5.45. The molecule has 182 valence electrons. The number of aryl methyl sites for hydroxylation is 1. The van der Waals surface area contributed by atoms with Crippen LogP contribution in [0.25, 0.3) is 22.6 Å². The number of hydrogen-bond acceptors (Lipinski definition) is 6. The van der Waals surface area contributed by atoms with Crippen LogP contribution in [0.2, 0.25) is 0 Å². The molecule has 5 aromatic rings. The van der Waals surface area contributed by atoms with E-state index in [0.29, 0.717) is 35.9 Å². The van der Waals surface area contributed by atoms with Crippen LogP contribution < -0.4 is 10.6 Å². The number of nitrogens with zero attached hydrogens (tertiary/aromatic N) is 3. The van der Waals surface area contributed by atoms with E-state index in [-0.39, 0.29) is 11.7 Å². The number of nitrogens with one attached hydrogen (secondary N) is 3. The average molecular weight is 489 g/mol. The van der Waals surface area contributed by atoms with Gasteiger partial charge in [-0.05, 0) is 71.6 Å². The lowest BCUT2D eigenvalue weighted by molar-refractivity contribution is 0.0924. The van der Waals surface area contributed by atoms with E-state index in [0.717, 1.165) is 27.9 Å². The van der Waals surface area contributed by atoms with Crippen LogP contribution in [0.1, 0.15) is 32.9 Å². The number of H-pyrrole nitrogens is 1. The van der Waals surface area contributed by atoms with Gasteiger partial charge in [-0.15, -0.1) is 0 Å². The number of aromatic amines is 1. The van der Waals surface area contributed by atoms with Crippen LogP contribution >= 0.6 is 0 Å². The largest absolute Gasteiger partial charge is 0.449 e. The van der Waals surface area contributed by atoms with Gasteiger partial charge in [-0.2, -0.15) is 10.4 Å². The quantitative estimate of drug-likeness (QED) is 0.267. The predicted molar refractivity (Wildman–Crippen MR) is 140 cm³/mol. The van der Waals surface area contributed by atoms with Crippen LogP contribution in [0.5, 0.6) is 0 Å². The molecule has 8 heteroatoms. The minimum absolute atomic E-state index is 0.229. The molecule has 37 heavy (non-hydrogen) atoms. The number of furan rings is 1. The molecule has 0 radical (unpaired) electrons. The second-order valence-electron chi connectivity index (χ2n) is 8.54. The van der Waals surface area contributed by atoms with E-state index in [4.69, 9.17) is 9.68 Å². The molecule has 1 amide bonds. The molecule has 0 spiro atoms. The van der Waals surface area contributed by atoms with Gasteiger partial charge in [0.25, 0.3) is 5.91 Å². The van der Waals surface area contributed by atoms with Crippen molar-refractivity contribution in [2.24, 2.45) is 0 Å². The van der Waals surface area contributed by atoms with Gasteiger partial charge in [-0.25, -0.2) is 4.98 Å². The van der Waals surface area contributed by atoms with Crippen LogP contribution in [0, 0.1) is 18.3 Å². The summed E-state index contributed by atoms with van der Waals surface area (Å²) in [5.41, 5.74) is 6.19. The van der Waals surface area contributed by atoms with Crippen molar-refractivity contribution < 1.29 is 9.21 Å². The average Bonchev–Trinajstić information content (AvgIpc) is 3.61. The first-order chi connectivity index (χ1) is 18.1. The SMILES string of the molecule is Cc1cc(C#N)ccc1-c1ccnc(NCc2cc(-c3ccc(C(=O)NCc4ccccc4)o3)n[nH]2)c1. The van der Waals surface area contributed by atoms with E-state index in [1.807, 2.05) is 73.7 Å². The first-order valence-electron chi connectivity index (χ1n) is 11.8. The highest BCUT2D eigenvalue weighted by Gasteiger charge is 2.14. The van der Waals surface area contributed by atoms with Crippen molar-refractivity contribution >= 4 is 11.7 Å². The smallest absolute Gasteiger partial charge is 0.287 e. The van der Waals surface area contributed by atoms with Gasteiger partial charge in [0.15, 0.2) is 11.5 Å². The Morgan fingerprint density at radius 3 is 2.70 bits per heavy atom. The Bertz CT molecular complexity index is 1580. The number of benzene rings is 2. The lowest BCUT2D eigenvalue weighted by atomic mass is 9.99. The van der Waals surface area contributed by atoms with Crippen molar-refractivity contribution in [3.05, 3.63) is 113 Å². The zero-order valence-electron chi connectivity index (χ0n) is 20.2. The number of carbonyl (C=O) groups excluding carboxylic acids is 1. The Labute approximate surface area is 214 Å². The van der Waals surface area contributed by atoms with Crippen molar-refractivity contribution in [3.8, 4) is 28.7 Å². The van der Waals surface area contributed by atoms with Gasteiger partial charge in [0.05, 0.1) is 23.9 Å². The number of pyridine rings is 1. The molecule has 0 saturated heterocycles. The van der Waals surface area contributed by atoms with Crippen LogP contribution in [-0.4, -0.2) is 21.1 Å². The number of rotatable bonds is 8. The molecule has 0 aliphatic carbocycles. The van der Waals surface area contributed by atoms with Gasteiger partial charge in [-0.1, -0.05) is 36.4 Å². The maximum absolute atomic E-state index is 12.4. The van der Waals surface area contributed by atoms with E-state index < -0.39 is 0 Å². The lowest BCUT2D eigenvalue weighted by Crippen LogP contribution is -2.22. The van der Waals surface area contributed by atoms with Crippen molar-refractivity contribution in [2.75, 3.05) is 5.32 Å². The standard InChI is InChI=1S/C29H24N6O2/c1-19-13-21(16-30)7-8-24(19)22-11-12-31-28(14-22)32-18-23-15-25(35-34-23)26-9-10-27(37-26)29(36)33-17-20-5-3-2-4-6-20/h2-15H,17-18H2,1H3,(H,31,32)(H,33,36)(H,34,35). The highest BCUT2D eigenvalue weighted by Crippen LogP contribution is 2.26. The Hall–Kier alpha value is -5.16. The van der Waals surface area contributed by atoms with E-state index in [9.17, 15) is 4.79 Å². The van der Waals surface area contributed by atoms with Gasteiger partial charge in [0, 0.05) is 12.7 Å². The second kappa shape index (κ2) is 10.6. The molecular weight excluding hydrogens is 464 g/mol. The fourth-order valence-corrected chi connectivity index (χ4v) is 3.98. The summed E-state index contributed by atoms with van der Waals surface area (Å²) in [5, 5.41) is 22.6. The maximum Gasteiger partial charge on any atom is 0.287 e. The Morgan fingerprint density at radius 1 is 1.03 bits per heavy atom. The van der Waals surface area contributed by atoms with Gasteiger partial charge in [0.2, 0.25) is 0 Å². The molecule has 8 nitrogen and oxygen atoms in total. The molecule has 0 bridgehead atoms. The molecular formula is C29H24N6O2. The Kier molecular flexibility index (Phi) is 6.77. The van der Waals surface area contributed by atoms with E-state index in [2.05, 4.69) is 31.9 Å². The summed E-state index contributed by atoms with van der Waals surface area (Å²) in [6, 6.07) is 26.7. The van der Waals surface area contributed by atoms with E-state index >= 15 is 0 Å². The summed E-state index contributed by atoms with van der Waals surface area (Å²) in [7, 11) is 0. The summed E-state index contributed by atoms with van der Waals surface area (Å²) in [4.78, 5) is 16.9. The van der Waals surface area contributed by atoms with Crippen molar-refractivity contribution in [1.29, 1.82) is 5.26 Å². The molecule has 3 N–H and O–H groups in total. The fourth-order valence-electron chi connectivity index (χ4n) is 3.98. The normalized spacial score (nSPS) is 10.6. The lowest BCUT2D eigenvalue weighted by Gasteiger charge is -2.09. The second-order valence-corrected chi connectivity index (χ2v) is 8.54. The molecule has 3 aromatic heterocycles. The number of carbonyl (C=O) groups is 1.